The number of esters is 1. The van der Waals surface area contributed by atoms with Crippen molar-refractivity contribution in [3.63, 3.8) is 0 Å². The Morgan fingerprint density at radius 2 is 2.00 bits per heavy atom. The molecular weight excluding hydrogens is 272 g/mol. The van der Waals surface area contributed by atoms with Crippen LogP contribution >= 0.6 is 0 Å². The highest BCUT2D eigenvalue weighted by atomic mass is 16.5. The van der Waals surface area contributed by atoms with Crippen molar-refractivity contribution in [3.05, 3.63) is 22.9 Å². The molecule has 0 saturated carbocycles. The van der Waals surface area contributed by atoms with Gasteiger partial charge in [0, 0.05) is 18.9 Å². The summed E-state index contributed by atoms with van der Waals surface area (Å²) in [5.41, 5.74) is 1.38. The lowest BCUT2D eigenvalue weighted by Gasteiger charge is -2.23. The molecule has 21 heavy (non-hydrogen) atoms. The number of aromatic carboxylic acids is 1. The molecule has 0 amide bonds. The van der Waals surface area contributed by atoms with Gasteiger partial charge in [0.25, 0.3) is 0 Å². The lowest BCUT2D eigenvalue weighted by Crippen LogP contribution is -2.20. The predicted molar refractivity (Wildman–Crippen MR) is 79.8 cm³/mol. The summed E-state index contributed by atoms with van der Waals surface area (Å²) in [6.45, 7) is 5.99. The van der Waals surface area contributed by atoms with Crippen LogP contribution in [-0.2, 0) is 21.4 Å². The van der Waals surface area contributed by atoms with E-state index in [9.17, 15) is 14.7 Å². The van der Waals surface area contributed by atoms with Crippen LogP contribution in [0.15, 0.2) is 6.07 Å². The molecule has 0 atom stereocenters. The molecule has 0 bridgehead atoms. The number of aromatic nitrogens is 1. The maximum Gasteiger partial charge on any atom is 0.339 e. The Bertz CT molecular complexity index is 547. The van der Waals surface area contributed by atoms with E-state index in [-0.39, 0.29) is 23.4 Å². The number of carboxylic acids is 1. The van der Waals surface area contributed by atoms with Gasteiger partial charge in [0.05, 0.1) is 12.8 Å². The lowest BCUT2D eigenvalue weighted by atomic mass is 9.86. The van der Waals surface area contributed by atoms with Crippen molar-refractivity contribution in [2.75, 3.05) is 19.5 Å². The van der Waals surface area contributed by atoms with Gasteiger partial charge in [0.1, 0.15) is 11.4 Å². The largest absolute Gasteiger partial charge is 0.478 e. The Balaban J connectivity index is 3.33. The molecule has 1 rings (SSSR count). The maximum atomic E-state index is 11.3. The summed E-state index contributed by atoms with van der Waals surface area (Å²) in [5.74, 6) is -1.05. The molecule has 0 aliphatic heterocycles. The standard InChI is InChI=1S/C15H22N2O4/c1-15(2,3)12-9(6-7-11(18)21-5)8-10(14(19)20)13(16-4)17-12/h8H,6-7H2,1-5H3,(H,16,17)(H,19,20). The van der Waals surface area contributed by atoms with E-state index in [0.717, 1.165) is 11.3 Å². The van der Waals surface area contributed by atoms with E-state index < -0.39 is 5.97 Å². The van der Waals surface area contributed by atoms with Crippen LogP contribution in [-0.4, -0.2) is 36.2 Å². The minimum absolute atomic E-state index is 0.102. The third-order valence-electron chi connectivity index (χ3n) is 3.11. The number of ether oxygens (including phenoxy) is 1. The minimum Gasteiger partial charge on any atom is -0.478 e. The van der Waals surface area contributed by atoms with E-state index in [4.69, 9.17) is 0 Å². The minimum atomic E-state index is -1.05. The van der Waals surface area contributed by atoms with Crippen LogP contribution in [0.3, 0.4) is 0 Å². The summed E-state index contributed by atoms with van der Waals surface area (Å²) in [7, 11) is 2.97. The number of rotatable bonds is 5. The molecule has 0 radical (unpaired) electrons. The fraction of sp³-hybridized carbons (Fsp3) is 0.533. The highest BCUT2D eigenvalue weighted by Crippen LogP contribution is 2.28. The Labute approximate surface area is 124 Å². The molecule has 6 nitrogen and oxygen atoms in total. The van der Waals surface area contributed by atoms with Crippen molar-refractivity contribution in [1.29, 1.82) is 0 Å². The van der Waals surface area contributed by atoms with Crippen LogP contribution in [0.5, 0.6) is 0 Å². The van der Waals surface area contributed by atoms with E-state index in [1.807, 2.05) is 20.8 Å². The third kappa shape index (κ3) is 4.18. The quantitative estimate of drug-likeness (QED) is 0.810. The zero-order valence-corrected chi connectivity index (χ0v) is 13.1. The maximum absolute atomic E-state index is 11.3. The van der Waals surface area contributed by atoms with Gasteiger partial charge < -0.3 is 15.2 Å². The van der Waals surface area contributed by atoms with Crippen molar-refractivity contribution in [3.8, 4) is 0 Å². The smallest absolute Gasteiger partial charge is 0.339 e. The summed E-state index contributed by atoms with van der Waals surface area (Å²) in [6.07, 6.45) is 0.593. The molecule has 0 aliphatic carbocycles. The zero-order chi connectivity index (χ0) is 16.2. The summed E-state index contributed by atoms with van der Waals surface area (Å²) in [5, 5.41) is 12.1. The van der Waals surface area contributed by atoms with E-state index >= 15 is 0 Å². The fourth-order valence-electron chi connectivity index (χ4n) is 2.09. The van der Waals surface area contributed by atoms with Crippen molar-refractivity contribution in [2.45, 2.75) is 39.0 Å². The first-order valence-electron chi connectivity index (χ1n) is 6.73. The number of nitrogens with zero attached hydrogens (tertiary/aromatic N) is 1. The third-order valence-corrected chi connectivity index (χ3v) is 3.11. The number of carboxylic acid groups (broad SMARTS) is 1. The fourth-order valence-corrected chi connectivity index (χ4v) is 2.09. The van der Waals surface area contributed by atoms with Gasteiger partial charge >= 0.3 is 11.9 Å². The second-order valence-electron chi connectivity index (χ2n) is 5.77. The highest BCUT2D eigenvalue weighted by molar-refractivity contribution is 5.93. The molecule has 2 N–H and O–H groups in total. The van der Waals surface area contributed by atoms with Crippen molar-refractivity contribution < 1.29 is 19.4 Å². The number of anilines is 1. The number of nitrogens with one attached hydrogen (secondary N) is 1. The summed E-state index contributed by atoms with van der Waals surface area (Å²) >= 11 is 0. The molecular formula is C15H22N2O4. The molecule has 6 heteroatoms. The zero-order valence-electron chi connectivity index (χ0n) is 13.1. The van der Waals surface area contributed by atoms with Crippen LogP contribution in [0.4, 0.5) is 5.82 Å². The van der Waals surface area contributed by atoms with Gasteiger partial charge in [-0.2, -0.15) is 0 Å². The van der Waals surface area contributed by atoms with Crippen LogP contribution in [0.1, 0.15) is 48.8 Å². The Morgan fingerprint density at radius 3 is 2.43 bits per heavy atom. The van der Waals surface area contributed by atoms with Gasteiger partial charge in [-0.25, -0.2) is 9.78 Å². The van der Waals surface area contributed by atoms with Gasteiger partial charge in [0.15, 0.2) is 0 Å². The molecule has 1 heterocycles. The monoisotopic (exact) mass is 294 g/mol. The van der Waals surface area contributed by atoms with Gasteiger partial charge in [-0.3, -0.25) is 4.79 Å². The number of carbonyl (C=O) groups is 2. The highest BCUT2D eigenvalue weighted by Gasteiger charge is 2.24. The first-order valence-corrected chi connectivity index (χ1v) is 6.73. The number of hydrogen-bond acceptors (Lipinski definition) is 5. The average Bonchev–Trinajstić information content (AvgIpc) is 2.42. The van der Waals surface area contributed by atoms with E-state index in [1.54, 1.807) is 13.1 Å². The molecule has 116 valence electrons. The number of aryl methyl sites for hydroxylation is 1. The van der Waals surface area contributed by atoms with Crippen LogP contribution in [0.2, 0.25) is 0 Å². The second-order valence-corrected chi connectivity index (χ2v) is 5.77. The summed E-state index contributed by atoms with van der Waals surface area (Å²) in [4.78, 5) is 27.1. The molecule has 0 spiro atoms. The molecule has 1 aromatic heterocycles. The van der Waals surface area contributed by atoms with Gasteiger partial charge in [-0.1, -0.05) is 20.8 Å². The number of carbonyl (C=O) groups excluding carboxylic acids is 1. The Hall–Kier alpha value is -2.11. The Kier molecular flexibility index (Phi) is 5.29. The van der Waals surface area contributed by atoms with E-state index in [0.29, 0.717) is 12.2 Å². The van der Waals surface area contributed by atoms with Crippen LogP contribution in [0, 0.1) is 0 Å². The van der Waals surface area contributed by atoms with E-state index in [2.05, 4.69) is 15.0 Å². The molecule has 0 fully saturated rings. The number of hydrogen-bond donors (Lipinski definition) is 2. The van der Waals surface area contributed by atoms with Crippen molar-refractivity contribution in [1.82, 2.24) is 4.98 Å². The van der Waals surface area contributed by atoms with Gasteiger partial charge in [-0.05, 0) is 18.1 Å². The number of pyridine rings is 1. The number of methoxy groups -OCH3 is 1. The molecule has 0 saturated heterocycles. The molecule has 0 unspecified atom stereocenters. The normalized spacial score (nSPS) is 11.1. The van der Waals surface area contributed by atoms with Crippen molar-refractivity contribution >= 4 is 17.8 Å². The molecule has 1 aromatic rings. The first kappa shape index (κ1) is 16.9. The van der Waals surface area contributed by atoms with Crippen LogP contribution < -0.4 is 5.32 Å². The van der Waals surface area contributed by atoms with Crippen molar-refractivity contribution in [2.24, 2.45) is 0 Å². The van der Waals surface area contributed by atoms with Crippen LogP contribution in [0.25, 0.3) is 0 Å². The average molecular weight is 294 g/mol. The lowest BCUT2D eigenvalue weighted by molar-refractivity contribution is -0.140. The van der Waals surface area contributed by atoms with Gasteiger partial charge in [0.2, 0.25) is 0 Å². The predicted octanol–water partition coefficient (Wildman–Crippen LogP) is 2.22. The van der Waals surface area contributed by atoms with Gasteiger partial charge in [-0.15, -0.1) is 0 Å². The topological polar surface area (TPSA) is 88.5 Å². The van der Waals surface area contributed by atoms with E-state index in [1.165, 1.54) is 7.11 Å². The Morgan fingerprint density at radius 1 is 1.38 bits per heavy atom. The molecule has 0 aromatic carbocycles. The first-order chi connectivity index (χ1) is 9.70. The summed E-state index contributed by atoms with van der Waals surface area (Å²) in [6, 6.07) is 1.59. The summed E-state index contributed by atoms with van der Waals surface area (Å²) < 4.78 is 4.63. The SMILES string of the molecule is CNc1nc(C(C)(C)C)c(CCC(=O)OC)cc1C(=O)O. The molecule has 0 aliphatic rings. The second kappa shape index (κ2) is 6.56.